The first-order chi connectivity index (χ1) is 16.5. The Morgan fingerprint density at radius 2 is 1.86 bits per heavy atom. The molecule has 8 nitrogen and oxygen atoms in total. The minimum atomic E-state index is -4.36. The molecule has 3 fully saturated rings. The first kappa shape index (κ1) is 30.6. The molecule has 0 aromatic heterocycles. The molecular formula is C25H33F2NaO8S. The van der Waals surface area contributed by atoms with Crippen molar-refractivity contribution in [3.05, 3.63) is 23.8 Å². The maximum atomic E-state index is 17.1. The fourth-order valence-electron chi connectivity index (χ4n) is 7.78. The van der Waals surface area contributed by atoms with Crippen molar-refractivity contribution in [2.75, 3.05) is 12.4 Å². The van der Waals surface area contributed by atoms with E-state index in [1.54, 1.807) is 6.92 Å². The fourth-order valence-corrected chi connectivity index (χ4v) is 8.21. The van der Waals surface area contributed by atoms with Crippen molar-refractivity contribution in [3.63, 3.8) is 0 Å². The number of carbonyl (C=O) groups excluding carboxylic acids is 3. The van der Waals surface area contributed by atoms with Crippen molar-refractivity contribution in [1.29, 1.82) is 0 Å². The Morgan fingerprint density at radius 3 is 2.49 bits per heavy atom. The van der Waals surface area contributed by atoms with Crippen molar-refractivity contribution in [1.82, 2.24) is 0 Å². The van der Waals surface area contributed by atoms with Gasteiger partial charge in [0, 0.05) is 17.3 Å². The fraction of sp³-hybridized carbons (Fsp3) is 0.720. The second-order valence-electron chi connectivity index (χ2n) is 11.3. The van der Waals surface area contributed by atoms with E-state index >= 15 is 8.78 Å². The van der Waals surface area contributed by atoms with Crippen LogP contribution in [-0.4, -0.2) is 95.5 Å². The number of hydrogen-bond donors (Lipinski definition) is 2. The Kier molecular flexibility index (Phi) is 8.43. The zero-order chi connectivity index (χ0) is 26.8. The molecule has 0 aromatic carbocycles. The van der Waals surface area contributed by atoms with Crippen LogP contribution in [0.5, 0.6) is 0 Å². The molecule has 0 aliphatic heterocycles. The first-order valence-electron chi connectivity index (χ1n) is 12.1. The van der Waals surface area contributed by atoms with E-state index in [-0.39, 0.29) is 53.9 Å². The Morgan fingerprint density at radius 1 is 1.22 bits per heavy atom. The van der Waals surface area contributed by atoms with Gasteiger partial charge in [0.05, 0.1) is 18.3 Å². The molecule has 3 saturated carbocycles. The molecule has 4 aliphatic rings. The SMILES string of the molecule is C[C@@H]1C[C@H]2[C@@H]3C[C@H](F)C4=CC(=O)C=C[C@]4(C)[C@@]3(F)[C@@H](O)C[C@]2(C)[C@H]1C(=O)COC(=O)CCS(=O)(=O)O.[NaH]. The van der Waals surface area contributed by atoms with Crippen LogP contribution in [0.15, 0.2) is 23.8 Å². The van der Waals surface area contributed by atoms with Gasteiger partial charge in [-0.25, -0.2) is 8.78 Å². The van der Waals surface area contributed by atoms with E-state index in [0.29, 0.717) is 6.42 Å². The van der Waals surface area contributed by atoms with Gasteiger partial charge in [0.1, 0.15) is 12.8 Å². The number of rotatable bonds is 6. The molecule has 0 saturated heterocycles. The summed E-state index contributed by atoms with van der Waals surface area (Å²) in [6.07, 6.45) is 0.127. The van der Waals surface area contributed by atoms with Gasteiger partial charge in [0.15, 0.2) is 17.2 Å². The summed E-state index contributed by atoms with van der Waals surface area (Å²) in [7, 11) is -4.36. The summed E-state index contributed by atoms with van der Waals surface area (Å²) in [5, 5.41) is 11.3. The summed E-state index contributed by atoms with van der Waals surface area (Å²) in [4.78, 5) is 37.0. The summed E-state index contributed by atoms with van der Waals surface area (Å²) < 4.78 is 67.9. The monoisotopic (exact) mass is 554 g/mol. The molecule has 0 heterocycles. The number of ether oxygens (including phenoxy) is 1. The third-order valence-corrected chi connectivity index (χ3v) is 9.97. The third kappa shape index (κ3) is 4.93. The van der Waals surface area contributed by atoms with Crippen LogP contribution in [0, 0.1) is 34.5 Å². The summed E-state index contributed by atoms with van der Waals surface area (Å²) in [5.74, 6) is -4.94. The quantitative estimate of drug-likeness (QED) is 0.289. The number of hydrogen-bond acceptors (Lipinski definition) is 7. The number of halogens is 2. The first-order valence-corrected chi connectivity index (χ1v) is 13.8. The second-order valence-corrected chi connectivity index (χ2v) is 12.9. The van der Waals surface area contributed by atoms with E-state index in [2.05, 4.69) is 0 Å². The molecule has 0 bridgehead atoms. The van der Waals surface area contributed by atoms with Gasteiger partial charge in [-0.3, -0.25) is 18.9 Å². The molecule has 2 N–H and O–H groups in total. The number of esters is 1. The van der Waals surface area contributed by atoms with E-state index in [0.717, 1.165) is 6.08 Å². The number of fused-ring (bicyclic) bond motifs is 5. The van der Waals surface area contributed by atoms with Crippen LogP contribution in [0.3, 0.4) is 0 Å². The van der Waals surface area contributed by atoms with Gasteiger partial charge in [-0.15, -0.1) is 0 Å². The predicted molar refractivity (Wildman–Crippen MR) is 131 cm³/mol. The average molecular weight is 555 g/mol. The van der Waals surface area contributed by atoms with Crippen LogP contribution in [0.25, 0.3) is 0 Å². The third-order valence-electron chi connectivity index (χ3n) is 9.25. The molecule has 37 heavy (non-hydrogen) atoms. The van der Waals surface area contributed by atoms with Gasteiger partial charge in [-0.1, -0.05) is 19.9 Å². The Balaban J connectivity index is 0.00000380. The van der Waals surface area contributed by atoms with Crippen LogP contribution >= 0.6 is 0 Å². The molecule has 0 amide bonds. The molecule has 9 atom stereocenters. The molecule has 0 spiro atoms. The molecule has 202 valence electrons. The van der Waals surface area contributed by atoms with Gasteiger partial charge in [0.2, 0.25) is 0 Å². The summed E-state index contributed by atoms with van der Waals surface area (Å²) in [6, 6.07) is 0. The van der Waals surface area contributed by atoms with Gasteiger partial charge in [-0.05, 0) is 61.2 Å². The molecule has 0 unspecified atom stereocenters. The van der Waals surface area contributed by atoms with E-state index in [1.165, 1.54) is 19.1 Å². The van der Waals surface area contributed by atoms with Crippen molar-refractivity contribution in [2.24, 2.45) is 34.5 Å². The Hall–Kier alpha value is -0.980. The van der Waals surface area contributed by atoms with Crippen molar-refractivity contribution in [2.45, 2.75) is 64.4 Å². The molecular weight excluding hydrogens is 521 g/mol. The zero-order valence-corrected chi connectivity index (χ0v) is 21.3. The standard InChI is InChI=1S/C25H32F2O8S.Na.H/c1-13-8-15-16-10-18(26)17-9-14(28)4-6-24(17,3)25(16,27)20(30)11-23(15,2)22(13)19(29)12-35-21(31)5-7-36(32,33)34;;/h4,6,9,13,15-16,18,20,22,30H,5,7-8,10-12H2,1-3H3,(H,32,33,34);;/t13-,15+,16+,18+,20+,22-,23+,24+,25+;;/m1../s1. The minimum absolute atomic E-state index is 0. The van der Waals surface area contributed by atoms with E-state index in [9.17, 15) is 27.9 Å². The predicted octanol–water partition coefficient (Wildman–Crippen LogP) is 1.91. The van der Waals surface area contributed by atoms with Crippen molar-refractivity contribution < 1.29 is 46.0 Å². The van der Waals surface area contributed by atoms with Crippen LogP contribution in [0.2, 0.25) is 0 Å². The second kappa shape index (κ2) is 10.2. The van der Waals surface area contributed by atoms with Gasteiger partial charge >= 0.3 is 35.5 Å². The molecule has 4 aliphatic carbocycles. The normalized spacial score (nSPS) is 42.6. The van der Waals surface area contributed by atoms with E-state index in [1.807, 2.05) is 6.92 Å². The summed E-state index contributed by atoms with van der Waals surface area (Å²) in [6.45, 7) is 4.50. The number of alkyl halides is 2. The number of aliphatic hydroxyl groups is 1. The summed E-state index contributed by atoms with van der Waals surface area (Å²) in [5.41, 5.74) is -4.59. The molecule has 0 radical (unpaired) electrons. The van der Waals surface area contributed by atoms with Crippen LogP contribution in [0.1, 0.15) is 46.5 Å². The van der Waals surface area contributed by atoms with Crippen LogP contribution in [-0.2, 0) is 29.2 Å². The number of ketones is 2. The van der Waals surface area contributed by atoms with Gasteiger partial charge < -0.3 is 9.84 Å². The summed E-state index contributed by atoms with van der Waals surface area (Å²) >= 11 is 0. The maximum absolute atomic E-state index is 17.1. The average Bonchev–Trinajstić information content (AvgIpc) is 3.03. The topological polar surface area (TPSA) is 135 Å². The van der Waals surface area contributed by atoms with Crippen LogP contribution in [0.4, 0.5) is 8.78 Å². The number of carbonyl (C=O) groups is 3. The van der Waals surface area contributed by atoms with Gasteiger partial charge in [0.25, 0.3) is 10.1 Å². The van der Waals surface area contributed by atoms with E-state index < -0.39 is 93.0 Å². The molecule has 12 heteroatoms. The molecule has 0 aromatic rings. The zero-order valence-electron chi connectivity index (χ0n) is 20.4. The number of aliphatic hydroxyl groups excluding tert-OH is 1. The number of allylic oxidation sites excluding steroid dienone is 4. The molecule has 4 rings (SSSR count). The van der Waals surface area contributed by atoms with Gasteiger partial charge in [-0.2, -0.15) is 8.42 Å². The Bertz CT molecular complexity index is 1160. The van der Waals surface area contributed by atoms with Crippen molar-refractivity contribution in [3.8, 4) is 0 Å². The van der Waals surface area contributed by atoms with E-state index in [4.69, 9.17) is 9.29 Å². The van der Waals surface area contributed by atoms with Crippen molar-refractivity contribution >= 4 is 57.2 Å². The van der Waals surface area contributed by atoms with Crippen LogP contribution < -0.4 is 0 Å². The Labute approximate surface area is 237 Å². The number of Topliss-reactive ketones (excluding diaryl/α,β-unsaturated/α-hetero) is 1.